The van der Waals surface area contributed by atoms with Gasteiger partial charge in [-0.3, -0.25) is 9.59 Å². The van der Waals surface area contributed by atoms with Crippen molar-refractivity contribution >= 4 is 17.4 Å². The van der Waals surface area contributed by atoms with Gasteiger partial charge in [-0.1, -0.05) is 12.1 Å². The van der Waals surface area contributed by atoms with Gasteiger partial charge in [-0.2, -0.15) is 0 Å². The van der Waals surface area contributed by atoms with Crippen molar-refractivity contribution in [2.24, 2.45) is 5.73 Å². The molecule has 5 heteroatoms. The molecule has 0 spiro atoms. The topological polar surface area (TPSA) is 85.3 Å². The number of nitrogens with two attached hydrogens (primary N) is 1. The molecule has 0 saturated carbocycles. The first kappa shape index (κ1) is 12.6. The molecule has 0 aliphatic rings. The van der Waals surface area contributed by atoms with Gasteiger partial charge in [0.25, 0.3) is 5.91 Å². The minimum absolute atomic E-state index is 0.251. The van der Waals surface area contributed by atoms with Crippen LogP contribution in [0, 0.1) is 0 Å². The molecule has 2 aromatic rings. The van der Waals surface area contributed by atoms with Crippen LogP contribution in [-0.4, -0.2) is 11.7 Å². The minimum atomic E-state index is -0.533. The van der Waals surface area contributed by atoms with Gasteiger partial charge in [0.2, 0.25) is 5.78 Å². The summed E-state index contributed by atoms with van der Waals surface area (Å²) in [6, 6.07) is 9.98. The molecule has 5 nitrogen and oxygen atoms in total. The number of furan rings is 1. The van der Waals surface area contributed by atoms with E-state index < -0.39 is 5.91 Å². The summed E-state index contributed by atoms with van der Waals surface area (Å²) in [5.41, 5.74) is 6.14. The Kier molecular flexibility index (Phi) is 3.78. The molecule has 96 valence electrons. The maximum absolute atomic E-state index is 11.6. The van der Waals surface area contributed by atoms with E-state index in [1.807, 2.05) is 0 Å². The average molecular weight is 256 g/mol. The quantitative estimate of drug-likeness (QED) is 0.634. The molecule has 0 fully saturated rings. The zero-order chi connectivity index (χ0) is 13.7. The second-order valence-corrected chi connectivity index (χ2v) is 3.73. The molecule has 0 atom stereocenters. The highest BCUT2D eigenvalue weighted by molar-refractivity contribution is 6.03. The van der Waals surface area contributed by atoms with E-state index in [4.69, 9.17) is 10.2 Å². The Labute approximate surface area is 109 Å². The number of ketones is 1. The summed E-state index contributed by atoms with van der Waals surface area (Å²) in [5.74, 6) is -0.552. The number of benzene rings is 1. The van der Waals surface area contributed by atoms with Crippen LogP contribution < -0.4 is 11.1 Å². The summed E-state index contributed by atoms with van der Waals surface area (Å²) in [7, 11) is 0. The van der Waals surface area contributed by atoms with Crippen LogP contribution in [0.4, 0.5) is 5.69 Å². The zero-order valence-corrected chi connectivity index (χ0v) is 10.00. The lowest BCUT2D eigenvalue weighted by molar-refractivity contribution is 0.0998. The lowest BCUT2D eigenvalue weighted by Gasteiger charge is -2.05. The molecule has 1 heterocycles. The molecular weight excluding hydrogens is 244 g/mol. The summed E-state index contributed by atoms with van der Waals surface area (Å²) in [4.78, 5) is 22.8. The number of carbonyl (C=O) groups excluding carboxylic acids is 2. The molecule has 1 amide bonds. The largest absolute Gasteiger partial charge is 0.461 e. The van der Waals surface area contributed by atoms with E-state index in [0.717, 1.165) is 0 Å². The third kappa shape index (κ3) is 3.10. The standard InChI is InChI=1S/C14H12N2O3/c15-14(18)10-4-1-2-5-11(10)16-8-7-12(17)13-6-3-9-19-13/h1-9,16H,(H2,15,18). The number of allylic oxidation sites excluding steroid dienone is 1. The fourth-order valence-corrected chi connectivity index (χ4v) is 1.53. The fraction of sp³-hybridized carbons (Fsp3) is 0. The predicted molar refractivity (Wildman–Crippen MR) is 70.8 cm³/mol. The molecule has 0 saturated heterocycles. The number of hydrogen-bond acceptors (Lipinski definition) is 4. The Morgan fingerprint density at radius 1 is 1.16 bits per heavy atom. The van der Waals surface area contributed by atoms with Crippen LogP contribution >= 0.6 is 0 Å². The van der Waals surface area contributed by atoms with E-state index >= 15 is 0 Å². The monoisotopic (exact) mass is 256 g/mol. The number of anilines is 1. The number of hydrogen-bond donors (Lipinski definition) is 2. The highest BCUT2D eigenvalue weighted by Crippen LogP contribution is 2.14. The van der Waals surface area contributed by atoms with Gasteiger partial charge in [-0.05, 0) is 24.3 Å². The number of primary amides is 1. The molecule has 0 aliphatic carbocycles. The number of amides is 1. The summed E-state index contributed by atoms with van der Waals surface area (Å²) in [6.45, 7) is 0. The van der Waals surface area contributed by atoms with Crippen LogP contribution in [0.5, 0.6) is 0 Å². The molecule has 0 aliphatic heterocycles. The van der Waals surface area contributed by atoms with E-state index in [1.165, 1.54) is 18.5 Å². The van der Waals surface area contributed by atoms with Crippen LogP contribution in [-0.2, 0) is 0 Å². The normalized spacial score (nSPS) is 10.5. The SMILES string of the molecule is NC(=O)c1ccccc1NC=CC(=O)c1ccco1. The Balaban J connectivity index is 2.07. The Bertz CT molecular complexity index is 615. The first-order valence-corrected chi connectivity index (χ1v) is 5.58. The van der Waals surface area contributed by atoms with Crippen molar-refractivity contribution in [3.05, 3.63) is 66.3 Å². The maximum atomic E-state index is 11.6. The van der Waals surface area contributed by atoms with Gasteiger partial charge in [-0.25, -0.2) is 0 Å². The second-order valence-electron chi connectivity index (χ2n) is 3.73. The van der Waals surface area contributed by atoms with Crippen LogP contribution in [0.1, 0.15) is 20.9 Å². The summed E-state index contributed by atoms with van der Waals surface area (Å²) >= 11 is 0. The zero-order valence-electron chi connectivity index (χ0n) is 10.00. The Morgan fingerprint density at radius 3 is 2.63 bits per heavy atom. The lowest BCUT2D eigenvalue weighted by atomic mass is 10.1. The van der Waals surface area contributed by atoms with Gasteiger partial charge in [0.15, 0.2) is 5.76 Å². The predicted octanol–water partition coefficient (Wildman–Crippen LogP) is 2.19. The van der Waals surface area contributed by atoms with Crippen LogP contribution in [0.2, 0.25) is 0 Å². The molecule has 1 aromatic heterocycles. The van der Waals surface area contributed by atoms with Crippen LogP contribution in [0.3, 0.4) is 0 Å². The molecule has 0 unspecified atom stereocenters. The van der Waals surface area contributed by atoms with Crippen molar-refractivity contribution < 1.29 is 14.0 Å². The van der Waals surface area contributed by atoms with E-state index in [-0.39, 0.29) is 11.5 Å². The first-order valence-electron chi connectivity index (χ1n) is 5.58. The van der Waals surface area contributed by atoms with Crippen LogP contribution in [0.15, 0.2) is 59.4 Å². The van der Waals surface area contributed by atoms with Crippen molar-refractivity contribution in [2.75, 3.05) is 5.32 Å². The maximum Gasteiger partial charge on any atom is 0.250 e. The molecule has 3 N–H and O–H groups in total. The van der Waals surface area contributed by atoms with Crippen molar-refractivity contribution in [3.8, 4) is 0 Å². The van der Waals surface area contributed by atoms with E-state index in [0.29, 0.717) is 11.3 Å². The lowest BCUT2D eigenvalue weighted by Crippen LogP contribution is -2.12. The average Bonchev–Trinajstić information content (AvgIpc) is 2.93. The first-order chi connectivity index (χ1) is 9.18. The molecule has 1 aromatic carbocycles. The van der Waals surface area contributed by atoms with E-state index in [9.17, 15) is 9.59 Å². The van der Waals surface area contributed by atoms with Gasteiger partial charge in [0.1, 0.15) is 0 Å². The summed E-state index contributed by atoms with van der Waals surface area (Å²) in [5, 5.41) is 2.84. The molecule has 0 radical (unpaired) electrons. The van der Waals surface area contributed by atoms with Crippen molar-refractivity contribution in [1.82, 2.24) is 0 Å². The van der Waals surface area contributed by atoms with Gasteiger partial charge in [-0.15, -0.1) is 0 Å². The van der Waals surface area contributed by atoms with Crippen molar-refractivity contribution in [1.29, 1.82) is 0 Å². The van der Waals surface area contributed by atoms with Crippen LogP contribution in [0.25, 0.3) is 0 Å². The highest BCUT2D eigenvalue weighted by Gasteiger charge is 2.06. The number of para-hydroxylation sites is 1. The third-order valence-electron chi connectivity index (χ3n) is 2.43. The van der Waals surface area contributed by atoms with E-state index in [2.05, 4.69) is 5.32 Å². The highest BCUT2D eigenvalue weighted by atomic mass is 16.3. The Morgan fingerprint density at radius 2 is 1.95 bits per heavy atom. The second kappa shape index (κ2) is 5.68. The smallest absolute Gasteiger partial charge is 0.250 e. The number of rotatable bonds is 5. The summed E-state index contributed by atoms with van der Waals surface area (Å²) in [6.07, 6.45) is 4.18. The van der Waals surface area contributed by atoms with Gasteiger partial charge >= 0.3 is 0 Å². The number of carbonyl (C=O) groups is 2. The fourth-order valence-electron chi connectivity index (χ4n) is 1.53. The third-order valence-corrected chi connectivity index (χ3v) is 2.43. The molecule has 2 rings (SSSR count). The molecule has 0 bridgehead atoms. The van der Waals surface area contributed by atoms with Crippen molar-refractivity contribution in [2.45, 2.75) is 0 Å². The van der Waals surface area contributed by atoms with Gasteiger partial charge < -0.3 is 15.5 Å². The molecular formula is C14H12N2O3. The Hall–Kier alpha value is -2.82. The van der Waals surface area contributed by atoms with Crippen molar-refractivity contribution in [3.63, 3.8) is 0 Å². The minimum Gasteiger partial charge on any atom is -0.461 e. The van der Waals surface area contributed by atoms with Gasteiger partial charge in [0, 0.05) is 12.3 Å². The summed E-state index contributed by atoms with van der Waals surface area (Å²) < 4.78 is 4.96. The van der Waals surface area contributed by atoms with Gasteiger partial charge in [0.05, 0.1) is 17.5 Å². The number of nitrogens with one attached hydrogen (secondary N) is 1. The van der Waals surface area contributed by atoms with E-state index in [1.54, 1.807) is 36.4 Å². The molecule has 19 heavy (non-hydrogen) atoms.